The highest BCUT2D eigenvalue weighted by Crippen LogP contribution is 2.20. The number of urea groups is 1. The molecule has 2 unspecified atom stereocenters. The Balaban J connectivity index is 2.44. The molecule has 1 saturated heterocycles. The van der Waals surface area contributed by atoms with Gasteiger partial charge in [0, 0.05) is 17.5 Å². The van der Waals surface area contributed by atoms with Crippen LogP contribution in [0.1, 0.15) is 6.92 Å². The van der Waals surface area contributed by atoms with Gasteiger partial charge in [0.05, 0.1) is 5.88 Å². The minimum atomic E-state index is -0.932. The van der Waals surface area contributed by atoms with Crippen molar-refractivity contribution in [1.82, 2.24) is 10.2 Å². The second kappa shape index (κ2) is 6.24. The van der Waals surface area contributed by atoms with E-state index in [1.54, 1.807) is 11.8 Å². The lowest BCUT2D eigenvalue weighted by Crippen LogP contribution is -2.47. The summed E-state index contributed by atoms with van der Waals surface area (Å²) >= 11 is 3.13. The Hall–Kier alpha value is -0.560. The van der Waals surface area contributed by atoms with E-state index in [0.717, 1.165) is 0 Å². The number of hydrogen-bond acceptors (Lipinski definition) is 4. The van der Waals surface area contributed by atoms with Crippen LogP contribution in [0.15, 0.2) is 0 Å². The van der Waals surface area contributed by atoms with Gasteiger partial charge in [-0.15, -0.1) is 11.8 Å². The summed E-state index contributed by atoms with van der Waals surface area (Å²) in [5.41, 5.74) is 0. The number of carbonyl (C=O) groups is 2. The van der Waals surface area contributed by atoms with Crippen LogP contribution in [0.25, 0.3) is 0 Å². The molecule has 2 N–H and O–H groups in total. The molecular weight excluding hydrogens is 248 g/mol. The SMILES string of the molecule is CSC(C)CNC(=O)N1CSCC1C(=O)O. The van der Waals surface area contributed by atoms with Crippen LogP contribution in [-0.2, 0) is 4.79 Å². The first-order valence-corrected chi connectivity index (χ1v) is 7.38. The molecule has 2 atom stereocenters. The first kappa shape index (κ1) is 13.5. The summed E-state index contributed by atoms with van der Waals surface area (Å²) in [6, 6.07) is -0.965. The number of rotatable bonds is 4. The van der Waals surface area contributed by atoms with Gasteiger partial charge in [-0.1, -0.05) is 6.92 Å². The number of amides is 2. The van der Waals surface area contributed by atoms with Gasteiger partial charge in [0.15, 0.2) is 0 Å². The third-order valence-corrected chi connectivity index (χ3v) is 4.35. The van der Waals surface area contributed by atoms with Crippen molar-refractivity contribution in [2.45, 2.75) is 18.2 Å². The van der Waals surface area contributed by atoms with E-state index in [9.17, 15) is 9.59 Å². The standard InChI is InChI=1S/C9H16N2O3S2/c1-6(15-2)3-10-9(14)11-5-16-4-7(11)8(12)13/h6-7H,3-5H2,1-2H3,(H,10,14)(H,12,13). The van der Waals surface area contributed by atoms with Gasteiger partial charge >= 0.3 is 12.0 Å². The van der Waals surface area contributed by atoms with E-state index in [0.29, 0.717) is 23.4 Å². The molecule has 16 heavy (non-hydrogen) atoms. The van der Waals surface area contributed by atoms with Gasteiger partial charge in [0.25, 0.3) is 0 Å². The van der Waals surface area contributed by atoms with Crippen molar-refractivity contribution >= 4 is 35.5 Å². The van der Waals surface area contributed by atoms with Crippen LogP contribution in [0, 0.1) is 0 Å². The maximum atomic E-state index is 11.7. The van der Waals surface area contributed by atoms with Gasteiger partial charge in [0.1, 0.15) is 6.04 Å². The Morgan fingerprint density at radius 1 is 1.69 bits per heavy atom. The van der Waals surface area contributed by atoms with E-state index in [-0.39, 0.29) is 6.03 Å². The summed E-state index contributed by atoms with van der Waals surface area (Å²) < 4.78 is 0. The van der Waals surface area contributed by atoms with Gasteiger partial charge < -0.3 is 15.3 Å². The molecule has 1 heterocycles. The molecule has 0 saturated carbocycles. The molecule has 0 radical (unpaired) electrons. The molecule has 1 fully saturated rings. The van der Waals surface area contributed by atoms with Crippen LogP contribution in [-0.4, -0.2) is 57.7 Å². The van der Waals surface area contributed by atoms with Crippen molar-refractivity contribution in [1.29, 1.82) is 0 Å². The van der Waals surface area contributed by atoms with Gasteiger partial charge in [-0.2, -0.15) is 11.8 Å². The lowest BCUT2D eigenvalue weighted by molar-refractivity contribution is -0.140. The van der Waals surface area contributed by atoms with Crippen molar-refractivity contribution in [2.24, 2.45) is 0 Å². The normalized spacial score (nSPS) is 21.9. The minimum absolute atomic E-state index is 0.279. The number of aliphatic carboxylic acids is 1. The van der Waals surface area contributed by atoms with Crippen molar-refractivity contribution in [3.05, 3.63) is 0 Å². The number of thioether (sulfide) groups is 2. The fourth-order valence-electron chi connectivity index (χ4n) is 1.26. The summed E-state index contributed by atoms with van der Waals surface area (Å²) in [6.45, 7) is 2.58. The van der Waals surface area contributed by atoms with E-state index in [1.165, 1.54) is 16.7 Å². The van der Waals surface area contributed by atoms with E-state index in [1.807, 2.05) is 13.2 Å². The van der Waals surface area contributed by atoms with E-state index >= 15 is 0 Å². The smallest absolute Gasteiger partial charge is 0.327 e. The average molecular weight is 264 g/mol. The third kappa shape index (κ3) is 3.48. The molecule has 5 nitrogen and oxygen atoms in total. The zero-order valence-electron chi connectivity index (χ0n) is 9.30. The monoisotopic (exact) mass is 264 g/mol. The highest BCUT2D eigenvalue weighted by atomic mass is 32.2. The molecule has 1 aliphatic heterocycles. The number of carboxylic acid groups (broad SMARTS) is 1. The Morgan fingerprint density at radius 2 is 2.38 bits per heavy atom. The first-order chi connectivity index (χ1) is 7.56. The van der Waals surface area contributed by atoms with Crippen LogP contribution in [0.4, 0.5) is 4.79 Å². The Morgan fingerprint density at radius 3 is 2.94 bits per heavy atom. The molecule has 0 aliphatic carbocycles. The minimum Gasteiger partial charge on any atom is -0.480 e. The number of nitrogens with zero attached hydrogens (tertiary/aromatic N) is 1. The Bertz CT molecular complexity index is 275. The molecule has 0 aromatic heterocycles. The zero-order chi connectivity index (χ0) is 12.1. The number of hydrogen-bond donors (Lipinski definition) is 2. The van der Waals surface area contributed by atoms with Crippen molar-refractivity contribution in [3.8, 4) is 0 Å². The highest BCUT2D eigenvalue weighted by Gasteiger charge is 2.34. The van der Waals surface area contributed by atoms with Crippen LogP contribution >= 0.6 is 23.5 Å². The zero-order valence-corrected chi connectivity index (χ0v) is 10.9. The quantitative estimate of drug-likeness (QED) is 0.790. The molecule has 1 aliphatic rings. The molecule has 0 bridgehead atoms. The average Bonchev–Trinajstić information content (AvgIpc) is 2.74. The molecule has 7 heteroatoms. The summed E-state index contributed by atoms with van der Waals surface area (Å²) in [5.74, 6) is -0.00449. The van der Waals surface area contributed by atoms with E-state index < -0.39 is 12.0 Å². The van der Waals surface area contributed by atoms with Crippen molar-refractivity contribution in [2.75, 3.05) is 24.4 Å². The highest BCUT2D eigenvalue weighted by molar-refractivity contribution is 7.99. The predicted molar refractivity (Wildman–Crippen MR) is 67.0 cm³/mol. The number of carboxylic acids is 1. The summed E-state index contributed by atoms with van der Waals surface area (Å²) in [6.07, 6.45) is 1.97. The van der Waals surface area contributed by atoms with Gasteiger partial charge in [0.2, 0.25) is 0 Å². The Kier molecular flexibility index (Phi) is 5.27. The molecule has 1 rings (SSSR count). The predicted octanol–water partition coefficient (Wildman–Crippen LogP) is 0.907. The van der Waals surface area contributed by atoms with Crippen LogP contribution in [0.3, 0.4) is 0 Å². The topological polar surface area (TPSA) is 69.6 Å². The molecule has 92 valence electrons. The second-order valence-electron chi connectivity index (χ2n) is 3.56. The van der Waals surface area contributed by atoms with Crippen molar-refractivity contribution < 1.29 is 14.7 Å². The third-order valence-electron chi connectivity index (χ3n) is 2.37. The molecule has 0 aromatic rings. The fourth-order valence-corrected chi connectivity index (χ4v) is 2.66. The van der Waals surface area contributed by atoms with Gasteiger partial charge in [-0.3, -0.25) is 0 Å². The molecule has 0 aromatic carbocycles. The lowest BCUT2D eigenvalue weighted by atomic mass is 10.3. The van der Waals surface area contributed by atoms with Crippen LogP contribution < -0.4 is 5.32 Å². The van der Waals surface area contributed by atoms with Gasteiger partial charge in [-0.05, 0) is 6.26 Å². The van der Waals surface area contributed by atoms with Crippen molar-refractivity contribution in [3.63, 3.8) is 0 Å². The molecule has 2 amide bonds. The molecule has 0 spiro atoms. The van der Waals surface area contributed by atoms with E-state index in [4.69, 9.17) is 5.11 Å². The summed E-state index contributed by atoms with van der Waals surface area (Å²) in [5, 5.41) is 12.0. The summed E-state index contributed by atoms with van der Waals surface area (Å²) in [7, 11) is 0. The van der Waals surface area contributed by atoms with Crippen LogP contribution in [0.2, 0.25) is 0 Å². The maximum Gasteiger partial charge on any atom is 0.327 e. The molecular formula is C9H16N2O3S2. The Labute approximate surface area is 103 Å². The number of nitrogens with one attached hydrogen (secondary N) is 1. The largest absolute Gasteiger partial charge is 0.480 e. The lowest BCUT2D eigenvalue weighted by Gasteiger charge is -2.21. The second-order valence-corrected chi connectivity index (χ2v) is 5.83. The first-order valence-electron chi connectivity index (χ1n) is 4.94. The van der Waals surface area contributed by atoms with Gasteiger partial charge in [-0.25, -0.2) is 9.59 Å². The van der Waals surface area contributed by atoms with Crippen LogP contribution in [0.5, 0.6) is 0 Å². The fraction of sp³-hybridized carbons (Fsp3) is 0.778. The summed E-state index contributed by atoms with van der Waals surface area (Å²) in [4.78, 5) is 24.0. The van der Waals surface area contributed by atoms with E-state index in [2.05, 4.69) is 5.32 Å². The maximum absolute atomic E-state index is 11.7. The number of carbonyl (C=O) groups excluding carboxylic acids is 1.